The number of rotatable bonds is 2. The first-order valence-corrected chi connectivity index (χ1v) is 6.35. The molecule has 15 heavy (non-hydrogen) atoms. The smallest absolute Gasteiger partial charge is 0.0120 e. The zero-order valence-electron chi connectivity index (χ0n) is 10.1. The minimum absolute atomic E-state index is 0.448. The van der Waals surface area contributed by atoms with Gasteiger partial charge >= 0.3 is 0 Å². The lowest BCUT2D eigenvalue weighted by Gasteiger charge is -2.37. The molecule has 0 amide bonds. The highest BCUT2D eigenvalue weighted by Gasteiger charge is 2.29. The lowest BCUT2D eigenvalue weighted by Crippen LogP contribution is -2.49. The Balaban J connectivity index is 1.79. The molecule has 0 aromatic carbocycles. The largest absolute Gasteiger partial charge is 0.328 e. The molecule has 1 saturated heterocycles. The Kier molecular flexibility index (Phi) is 3.65. The van der Waals surface area contributed by atoms with Gasteiger partial charge in [0.15, 0.2) is 0 Å². The highest BCUT2D eigenvalue weighted by molar-refractivity contribution is 4.89. The molecule has 2 rings (SSSR count). The number of nitrogens with two attached hydrogens (primary N) is 1. The summed E-state index contributed by atoms with van der Waals surface area (Å²) in [6.45, 7) is 4.83. The predicted octanol–water partition coefficient (Wildman–Crippen LogP) is 0.796. The molecule has 0 bridgehead atoms. The van der Waals surface area contributed by atoms with Gasteiger partial charge in [0, 0.05) is 24.7 Å². The summed E-state index contributed by atoms with van der Waals surface area (Å²) in [4.78, 5) is 2.43. The zero-order valence-corrected chi connectivity index (χ0v) is 10.1. The first-order chi connectivity index (χ1) is 7.15. The average molecular weight is 211 g/mol. The topological polar surface area (TPSA) is 41.3 Å². The molecule has 1 saturated carbocycles. The lowest BCUT2D eigenvalue weighted by molar-refractivity contribution is 0.166. The Morgan fingerprint density at radius 2 is 2.07 bits per heavy atom. The molecule has 88 valence electrons. The Labute approximate surface area is 93.4 Å². The number of hydrogen-bond acceptors (Lipinski definition) is 3. The van der Waals surface area contributed by atoms with Gasteiger partial charge in [-0.05, 0) is 45.2 Å². The quantitative estimate of drug-likeness (QED) is 0.710. The number of likely N-dealkylation sites (tertiary alicyclic amines) is 1. The number of piperidine rings is 1. The third-order valence-corrected chi connectivity index (χ3v) is 4.03. The molecule has 0 aromatic rings. The minimum atomic E-state index is 0.448. The molecule has 2 aliphatic rings. The van der Waals surface area contributed by atoms with E-state index in [1.807, 2.05) is 0 Å². The second-order valence-electron chi connectivity index (χ2n) is 5.57. The lowest BCUT2D eigenvalue weighted by atomic mass is 9.93. The van der Waals surface area contributed by atoms with Crippen LogP contribution in [0.25, 0.3) is 0 Å². The first-order valence-electron chi connectivity index (χ1n) is 6.35. The summed E-state index contributed by atoms with van der Waals surface area (Å²) in [7, 11) is 2.22. The van der Waals surface area contributed by atoms with Gasteiger partial charge in [0.25, 0.3) is 0 Å². The summed E-state index contributed by atoms with van der Waals surface area (Å²) in [5.74, 6) is 0.778. The van der Waals surface area contributed by atoms with E-state index in [1.54, 1.807) is 0 Å². The highest BCUT2D eigenvalue weighted by Crippen LogP contribution is 2.22. The van der Waals surface area contributed by atoms with Crippen LogP contribution in [0.1, 0.15) is 32.6 Å². The van der Waals surface area contributed by atoms with Gasteiger partial charge in [-0.1, -0.05) is 6.92 Å². The van der Waals surface area contributed by atoms with Gasteiger partial charge in [-0.15, -0.1) is 0 Å². The summed E-state index contributed by atoms with van der Waals surface area (Å²) in [5.41, 5.74) is 5.94. The molecule has 3 nitrogen and oxygen atoms in total. The van der Waals surface area contributed by atoms with E-state index in [4.69, 9.17) is 5.73 Å². The molecule has 0 radical (unpaired) electrons. The van der Waals surface area contributed by atoms with Crippen LogP contribution >= 0.6 is 0 Å². The van der Waals surface area contributed by atoms with Crippen molar-refractivity contribution in [1.29, 1.82) is 0 Å². The highest BCUT2D eigenvalue weighted by atomic mass is 15.1. The van der Waals surface area contributed by atoms with E-state index in [2.05, 4.69) is 24.2 Å². The van der Waals surface area contributed by atoms with Crippen molar-refractivity contribution in [3.05, 3.63) is 0 Å². The second-order valence-corrected chi connectivity index (χ2v) is 5.57. The normalized spacial score (nSPS) is 43.4. The van der Waals surface area contributed by atoms with Crippen LogP contribution in [0.15, 0.2) is 0 Å². The van der Waals surface area contributed by atoms with Crippen LogP contribution in [-0.4, -0.2) is 43.2 Å². The molecular weight excluding hydrogens is 186 g/mol. The summed E-state index contributed by atoms with van der Waals surface area (Å²) in [6.07, 6.45) is 4.96. The Bertz CT molecular complexity index is 207. The third-order valence-electron chi connectivity index (χ3n) is 4.03. The van der Waals surface area contributed by atoms with Gasteiger partial charge in [0.1, 0.15) is 0 Å². The maximum absolute atomic E-state index is 5.94. The van der Waals surface area contributed by atoms with Crippen molar-refractivity contribution in [3.63, 3.8) is 0 Å². The molecule has 4 atom stereocenters. The molecule has 0 spiro atoms. The maximum atomic E-state index is 5.94. The minimum Gasteiger partial charge on any atom is -0.328 e. The fraction of sp³-hybridized carbons (Fsp3) is 1.00. The monoisotopic (exact) mass is 211 g/mol. The van der Waals surface area contributed by atoms with Crippen LogP contribution in [0.3, 0.4) is 0 Å². The van der Waals surface area contributed by atoms with Crippen molar-refractivity contribution in [3.8, 4) is 0 Å². The Morgan fingerprint density at radius 3 is 2.67 bits per heavy atom. The van der Waals surface area contributed by atoms with E-state index in [0.29, 0.717) is 12.1 Å². The fourth-order valence-electron chi connectivity index (χ4n) is 3.07. The van der Waals surface area contributed by atoms with Crippen LogP contribution in [-0.2, 0) is 0 Å². The van der Waals surface area contributed by atoms with E-state index in [-0.39, 0.29) is 0 Å². The molecule has 1 heterocycles. The maximum Gasteiger partial charge on any atom is 0.0120 e. The van der Waals surface area contributed by atoms with Crippen LogP contribution in [0.5, 0.6) is 0 Å². The average Bonchev–Trinajstić information content (AvgIpc) is 2.56. The van der Waals surface area contributed by atoms with Gasteiger partial charge in [-0.25, -0.2) is 0 Å². The predicted molar refractivity (Wildman–Crippen MR) is 63.8 cm³/mol. The number of nitrogens with zero attached hydrogens (tertiary/aromatic N) is 1. The van der Waals surface area contributed by atoms with E-state index in [0.717, 1.165) is 12.0 Å². The molecule has 1 aliphatic carbocycles. The molecule has 0 aromatic heterocycles. The fourth-order valence-corrected chi connectivity index (χ4v) is 3.07. The summed E-state index contributed by atoms with van der Waals surface area (Å²) in [5, 5.41) is 3.81. The molecule has 1 aliphatic heterocycles. The molecular formula is C12H25N3. The van der Waals surface area contributed by atoms with Gasteiger partial charge < -0.3 is 16.0 Å². The molecule has 3 N–H and O–H groups in total. The standard InChI is InChI=1S/C12H25N3/c1-9-8-15(2)6-5-12(9)14-11-4-3-10(13)7-11/h9-12,14H,3-8,13H2,1-2H3. The van der Waals surface area contributed by atoms with Gasteiger partial charge in [-0.2, -0.15) is 0 Å². The van der Waals surface area contributed by atoms with E-state index in [9.17, 15) is 0 Å². The summed E-state index contributed by atoms with van der Waals surface area (Å²) >= 11 is 0. The first kappa shape index (κ1) is 11.4. The van der Waals surface area contributed by atoms with Crippen LogP contribution in [0.4, 0.5) is 0 Å². The second kappa shape index (κ2) is 4.81. The summed E-state index contributed by atoms with van der Waals surface area (Å²) in [6, 6.07) is 1.86. The van der Waals surface area contributed by atoms with Gasteiger partial charge in [0.05, 0.1) is 0 Å². The van der Waals surface area contributed by atoms with Crippen molar-refractivity contribution >= 4 is 0 Å². The SMILES string of the molecule is CC1CN(C)CCC1NC1CCC(N)C1. The molecule has 4 unspecified atom stereocenters. The van der Waals surface area contributed by atoms with Gasteiger partial charge in [-0.3, -0.25) is 0 Å². The zero-order chi connectivity index (χ0) is 10.8. The third kappa shape index (κ3) is 2.92. The van der Waals surface area contributed by atoms with E-state index < -0.39 is 0 Å². The molecule has 2 fully saturated rings. The van der Waals surface area contributed by atoms with Crippen LogP contribution in [0.2, 0.25) is 0 Å². The van der Waals surface area contributed by atoms with Crippen molar-refractivity contribution in [2.75, 3.05) is 20.1 Å². The molecule has 3 heteroatoms. The van der Waals surface area contributed by atoms with E-state index in [1.165, 1.54) is 38.8 Å². The van der Waals surface area contributed by atoms with Crippen molar-refractivity contribution in [2.24, 2.45) is 11.7 Å². The number of nitrogens with one attached hydrogen (secondary N) is 1. The summed E-state index contributed by atoms with van der Waals surface area (Å²) < 4.78 is 0. The van der Waals surface area contributed by atoms with Crippen molar-refractivity contribution in [1.82, 2.24) is 10.2 Å². The van der Waals surface area contributed by atoms with Crippen LogP contribution < -0.4 is 11.1 Å². The van der Waals surface area contributed by atoms with Gasteiger partial charge in [0.2, 0.25) is 0 Å². The Morgan fingerprint density at radius 1 is 1.27 bits per heavy atom. The Hall–Kier alpha value is -0.120. The van der Waals surface area contributed by atoms with E-state index >= 15 is 0 Å². The van der Waals surface area contributed by atoms with Crippen LogP contribution in [0, 0.1) is 5.92 Å². The number of hydrogen-bond donors (Lipinski definition) is 2. The van der Waals surface area contributed by atoms with Crippen molar-refractivity contribution in [2.45, 2.75) is 50.7 Å². The van der Waals surface area contributed by atoms with Crippen molar-refractivity contribution < 1.29 is 0 Å².